The van der Waals surface area contributed by atoms with Gasteiger partial charge in [0.1, 0.15) is 5.69 Å². The number of aryl methyl sites for hydroxylation is 1. The molecule has 0 radical (unpaired) electrons. The zero-order valence-electron chi connectivity index (χ0n) is 10.4. The summed E-state index contributed by atoms with van der Waals surface area (Å²) in [6.45, 7) is 4.15. The predicted molar refractivity (Wildman–Crippen MR) is 64.1 cm³/mol. The van der Waals surface area contributed by atoms with Crippen LogP contribution in [-0.2, 0) is 7.05 Å². The molecule has 0 atom stereocenters. The van der Waals surface area contributed by atoms with Crippen molar-refractivity contribution in [2.75, 3.05) is 12.8 Å². The van der Waals surface area contributed by atoms with Crippen LogP contribution < -0.4 is 5.73 Å². The van der Waals surface area contributed by atoms with Gasteiger partial charge in [0.2, 0.25) is 0 Å². The summed E-state index contributed by atoms with van der Waals surface area (Å²) in [5, 5.41) is 3.97. The molecule has 1 rings (SSSR count). The van der Waals surface area contributed by atoms with E-state index in [4.69, 9.17) is 5.73 Å². The van der Waals surface area contributed by atoms with Crippen molar-refractivity contribution in [2.45, 2.75) is 32.7 Å². The number of rotatable bonds is 4. The van der Waals surface area contributed by atoms with Gasteiger partial charge in [-0.05, 0) is 12.8 Å². The summed E-state index contributed by atoms with van der Waals surface area (Å²) in [5.41, 5.74) is 6.63. The lowest BCUT2D eigenvalue weighted by Crippen LogP contribution is -2.37. The molecule has 1 aromatic heterocycles. The van der Waals surface area contributed by atoms with Crippen molar-refractivity contribution in [3.05, 3.63) is 11.9 Å². The number of hydrogen-bond donors (Lipinski definition) is 1. The first-order valence-electron chi connectivity index (χ1n) is 5.57. The Hall–Kier alpha value is -1.52. The molecule has 0 bridgehead atoms. The zero-order valence-corrected chi connectivity index (χ0v) is 10.4. The van der Waals surface area contributed by atoms with Gasteiger partial charge in [-0.25, -0.2) is 0 Å². The number of nitrogen functional groups attached to an aromatic ring is 1. The molecule has 0 aliphatic carbocycles. The molecule has 0 spiro atoms. The molecule has 16 heavy (non-hydrogen) atoms. The van der Waals surface area contributed by atoms with Crippen LogP contribution >= 0.6 is 0 Å². The lowest BCUT2D eigenvalue weighted by molar-refractivity contribution is 0.0713. The Bertz CT molecular complexity index is 349. The second kappa shape index (κ2) is 5.01. The molecule has 0 aliphatic heterocycles. The van der Waals surface area contributed by atoms with E-state index in [1.54, 1.807) is 11.9 Å². The average Bonchev–Trinajstić information content (AvgIpc) is 2.59. The lowest BCUT2D eigenvalue weighted by atomic mass is 10.1. The molecule has 0 unspecified atom stereocenters. The Morgan fingerprint density at radius 1 is 1.56 bits per heavy atom. The molecule has 5 heteroatoms. The lowest BCUT2D eigenvalue weighted by Gasteiger charge is -2.26. The summed E-state index contributed by atoms with van der Waals surface area (Å²) in [5.74, 6) is -0.0637. The number of aromatic nitrogens is 2. The van der Waals surface area contributed by atoms with Gasteiger partial charge < -0.3 is 10.6 Å². The summed E-state index contributed by atoms with van der Waals surface area (Å²) in [6.07, 6.45) is 3.39. The SMILES string of the molecule is CCC(CC)N(C)C(=O)c1c(N)cnn1C. The summed E-state index contributed by atoms with van der Waals surface area (Å²) in [4.78, 5) is 13.9. The van der Waals surface area contributed by atoms with Crippen molar-refractivity contribution in [3.63, 3.8) is 0 Å². The van der Waals surface area contributed by atoms with Crippen molar-refractivity contribution in [1.82, 2.24) is 14.7 Å². The molecular weight excluding hydrogens is 204 g/mol. The van der Waals surface area contributed by atoms with E-state index in [1.165, 1.54) is 10.9 Å². The summed E-state index contributed by atoms with van der Waals surface area (Å²) >= 11 is 0. The fraction of sp³-hybridized carbons (Fsp3) is 0.636. The number of amides is 1. The van der Waals surface area contributed by atoms with Crippen LogP contribution in [0.3, 0.4) is 0 Å². The van der Waals surface area contributed by atoms with Crippen molar-refractivity contribution < 1.29 is 4.79 Å². The molecular formula is C11H20N4O. The third kappa shape index (κ3) is 2.18. The molecule has 0 fully saturated rings. The van der Waals surface area contributed by atoms with Crippen LogP contribution in [0.25, 0.3) is 0 Å². The van der Waals surface area contributed by atoms with Crippen LogP contribution in [0.2, 0.25) is 0 Å². The van der Waals surface area contributed by atoms with Gasteiger partial charge >= 0.3 is 0 Å². The normalized spacial score (nSPS) is 10.8. The third-order valence-electron chi connectivity index (χ3n) is 2.98. The molecule has 5 nitrogen and oxygen atoms in total. The molecule has 1 heterocycles. The monoisotopic (exact) mass is 224 g/mol. The number of carbonyl (C=O) groups is 1. The van der Waals surface area contributed by atoms with E-state index >= 15 is 0 Å². The van der Waals surface area contributed by atoms with Gasteiger partial charge in [-0.15, -0.1) is 0 Å². The topological polar surface area (TPSA) is 64.2 Å². The van der Waals surface area contributed by atoms with Crippen molar-refractivity contribution >= 4 is 11.6 Å². The van der Waals surface area contributed by atoms with Gasteiger partial charge in [-0.2, -0.15) is 5.10 Å². The molecule has 2 N–H and O–H groups in total. The van der Waals surface area contributed by atoms with Crippen LogP contribution in [0.15, 0.2) is 6.20 Å². The van der Waals surface area contributed by atoms with Crippen molar-refractivity contribution in [3.8, 4) is 0 Å². The summed E-state index contributed by atoms with van der Waals surface area (Å²) < 4.78 is 1.52. The molecule has 90 valence electrons. The highest BCUT2D eigenvalue weighted by atomic mass is 16.2. The molecule has 0 saturated carbocycles. The van der Waals surface area contributed by atoms with Crippen LogP contribution in [0, 0.1) is 0 Å². The maximum absolute atomic E-state index is 12.2. The number of carbonyl (C=O) groups excluding carboxylic acids is 1. The minimum absolute atomic E-state index is 0.0637. The van der Waals surface area contributed by atoms with Crippen LogP contribution in [0.5, 0.6) is 0 Å². The maximum Gasteiger partial charge on any atom is 0.274 e. The van der Waals surface area contributed by atoms with Gasteiger partial charge in [0.05, 0.1) is 11.9 Å². The van der Waals surface area contributed by atoms with Gasteiger partial charge in [-0.3, -0.25) is 9.48 Å². The predicted octanol–water partition coefficient (Wildman–Crippen LogP) is 1.26. The van der Waals surface area contributed by atoms with Crippen LogP contribution in [0.4, 0.5) is 5.69 Å². The fourth-order valence-corrected chi connectivity index (χ4v) is 1.89. The van der Waals surface area contributed by atoms with Gasteiger partial charge in [0.15, 0.2) is 0 Å². The molecule has 0 saturated heterocycles. The highest BCUT2D eigenvalue weighted by Crippen LogP contribution is 2.15. The summed E-state index contributed by atoms with van der Waals surface area (Å²) in [7, 11) is 3.54. The zero-order chi connectivity index (χ0) is 12.3. The second-order valence-corrected chi connectivity index (χ2v) is 3.96. The average molecular weight is 224 g/mol. The highest BCUT2D eigenvalue weighted by Gasteiger charge is 2.23. The van der Waals surface area contributed by atoms with E-state index < -0.39 is 0 Å². The second-order valence-electron chi connectivity index (χ2n) is 3.96. The Kier molecular flexibility index (Phi) is 3.93. The van der Waals surface area contributed by atoms with Crippen LogP contribution in [-0.4, -0.2) is 33.7 Å². The molecule has 0 aliphatic rings. The number of anilines is 1. The van der Waals surface area contributed by atoms with Gasteiger partial charge in [0, 0.05) is 20.1 Å². The molecule has 1 aromatic rings. The number of nitrogens with zero attached hydrogens (tertiary/aromatic N) is 3. The first-order valence-corrected chi connectivity index (χ1v) is 5.57. The number of nitrogens with two attached hydrogens (primary N) is 1. The standard InChI is InChI=1S/C11H20N4O/c1-5-8(6-2)14(3)11(16)10-9(12)7-13-15(10)4/h7-8H,5-6,12H2,1-4H3. The largest absolute Gasteiger partial charge is 0.396 e. The van der Waals surface area contributed by atoms with E-state index in [0.29, 0.717) is 11.4 Å². The number of hydrogen-bond acceptors (Lipinski definition) is 3. The molecule has 0 aromatic carbocycles. The van der Waals surface area contributed by atoms with E-state index in [9.17, 15) is 4.79 Å². The van der Waals surface area contributed by atoms with E-state index in [0.717, 1.165) is 12.8 Å². The smallest absolute Gasteiger partial charge is 0.274 e. The highest BCUT2D eigenvalue weighted by molar-refractivity contribution is 5.97. The quantitative estimate of drug-likeness (QED) is 0.837. The Morgan fingerprint density at radius 2 is 2.12 bits per heavy atom. The van der Waals surface area contributed by atoms with E-state index in [1.807, 2.05) is 7.05 Å². The Balaban J connectivity index is 2.94. The Morgan fingerprint density at radius 3 is 2.50 bits per heavy atom. The molecule has 1 amide bonds. The fourth-order valence-electron chi connectivity index (χ4n) is 1.89. The maximum atomic E-state index is 12.2. The minimum Gasteiger partial charge on any atom is -0.396 e. The third-order valence-corrected chi connectivity index (χ3v) is 2.98. The van der Waals surface area contributed by atoms with E-state index in [2.05, 4.69) is 18.9 Å². The van der Waals surface area contributed by atoms with Crippen molar-refractivity contribution in [2.24, 2.45) is 7.05 Å². The first-order chi connectivity index (χ1) is 7.52. The van der Waals surface area contributed by atoms with Crippen molar-refractivity contribution in [1.29, 1.82) is 0 Å². The van der Waals surface area contributed by atoms with Gasteiger partial charge in [-0.1, -0.05) is 13.8 Å². The Labute approximate surface area is 96.2 Å². The van der Waals surface area contributed by atoms with E-state index in [-0.39, 0.29) is 11.9 Å². The van der Waals surface area contributed by atoms with Crippen LogP contribution in [0.1, 0.15) is 37.2 Å². The first kappa shape index (κ1) is 12.5. The van der Waals surface area contributed by atoms with Gasteiger partial charge in [0.25, 0.3) is 5.91 Å². The minimum atomic E-state index is -0.0637. The summed E-state index contributed by atoms with van der Waals surface area (Å²) in [6, 6.07) is 0.252.